The van der Waals surface area contributed by atoms with Crippen LogP contribution in [0.5, 0.6) is 5.75 Å². The number of aliphatic carboxylic acids is 1. The first kappa shape index (κ1) is 19.5. The van der Waals surface area contributed by atoms with E-state index in [0.717, 1.165) is 36.2 Å². The fourth-order valence-electron chi connectivity index (χ4n) is 3.74. The average molecular weight is 395 g/mol. The van der Waals surface area contributed by atoms with Crippen molar-refractivity contribution in [3.8, 4) is 5.75 Å². The van der Waals surface area contributed by atoms with E-state index in [-0.39, 0.29) is 12.7 Å². The molecule has 2 atom stereocenters. The lowest BCUT2D eigenvalue weighted by molar-refractivity contribution is -0.139. The number of hydrogen-bond acceptors (Lipinski definition) is 5. The predicted molar refractivity (Wildman–Crippen MR) is 109 cm³/mol. The molecule has 152 valence electrons. The third kappa shape index (κ3) is 4.78. The van der Waals surface area contributed by atoms with Gasteiger partial charge in [0.25, 0.3) is 0 Å². The van der Waals surface area contributed by atoms with Crippen LogP contribution in [0.25, 0.3) is 11.0 Å². The van der Waals surface area contributed by atoms with E-state index in [2.05, 4.69) is 24.0 Å². The molecule has 4 rings (SSSR count). The van der Waals surface area contributed by atoms with Crippen molar-refractivity contribution in [2.45, 2.75) is 25.5 Å². The number of rotatable bonds is 7. The Morgan fingerprint density at radius 2 is 2.03 bits per heavy atom. The first-order valence-corrected chi connectivity index (χ1v) is 9.86. The second kappa shape index (κ2) is 8.68. The Balaban J connectivity index is 1.37. The zero-order valence-corrected chi connectivity index (χ0v) is 16.4. The molecule has 1 fully saturated rings. The summed E-state index contributed by atoms with van der Waals surface area (Å²) >= 11 is 0. The van der Waals surface area contributed by atoms with Gasteiger partial charge in [0.05, 0.1) is 6.61 Å². The first-order chi connectivity index (χ1) is 14.1. The summed E-state index contributed by atoms with van der Waals surface area (Å²) in [5, 5.41) is 9.79. The first-order valence-electron chi connectivity index (χ1n) is 9.86. The molecule has 0 radical (unpaired) electrons. The standard InChI is InChI=1S/C23H25NO5/c1-16(12-17-6-8-19(9-7-17)28-15-23(25)26)24-10-11-27-22(14-24)21-13-18-4-2-3-5-20(18)29-21/h2-9,13,16,22H,10-12,14-15H2,1H3,(H,25,26). The molecule has 1 N–H and O–H groups in total. The highest BCUT2D eigenvalue weighted by atomic mass is 16.5. The van der Waals surface area contributed by atoms with Gasteiger partial charge in [0.1, 0.15) is 23.2 Å². The normalized spacial score (nSPS) is 18.6. The quantitative estimate of drug-likeness (QED) is 0.654. The minimum Gasteiger partial charge on any atom is -0.482 e. The highest BCUT2D eigenvalue weighted by molar-refractivity contribution is 5.77. The molecule has 6 nitrogen and oxygen atoms in total. The summed E-state index contributed by atoms with van der Waals surface area (Å²) in [6, 6.07) is 18.1. The maximum absolute atomic E-state index is 10.6. The number of carboxylic acids is 1. The van der Waals surface area contributed by atoms with Gasteiger partial charge in [-0.25, -0.2) is 4.79 Å². The minimum atomic E-state index is -0.978. The number of furan rings is 1. The Kier molecular flexibility index (Phi) is 5.83. The van der Waals surface area contributed by atoms with Crippen molar-refractivity contribution in [1.29, 1.82) is 0 Å². The molecule has 1 aliphatic heterocycles. The molecule has 2 aromatic carbocycles. The van der Waals surface area contributed by atoms with Crippen LogP contribution in [0.3, 0.4) is 0 Å². The fraction of sp³-hybridized carbons (Fsp3) is 0.348. The lowest BCUT2D eigenvalue weighted by Gasteiger charge is -2.36. The summed E-state index contributed by atoms with van der Waals surface area (Å²) in [6.45, 7) is 4.25. The van der Waals surface area contributed by atoms with Gasteiger partial charge in [0.15, 0.2) is 6.61 Å². The van der Waals surface area contributed by atoms with Crippen molar-refractivity contribution in [2.24, 2.45) is 0 Å². The number of fused-ring (bicyclic) bond motifs is 1. The number of hydrogen-bond donors (Lipinski definition) is 1. The zero-order chi connectivity index (χ0) is 20.2. The molecule has 0 spiro atoms. The van der Waals surface area contributed by atoms with Crippen LogP contribution in [0.15, 0.2) is 59.0 Å². The summed E-state index contributed by atoms with van der Waals surface area (Å²) in [6.07, 6.45) is 0.830. The van der Waals surface area contributed by atoms with Crippen molar-refractivity contribution in [1.82, 2.24) is 4.90 Å². The molecule has 1 aromatic heterocycles. The minimum absolute atomic E-state index is 0.0644. The highest BCUT2D eigenvalue weighted by Gasteiger charge is 2.27. The summed E-state index contributed by atoms with van der Waals surface area (Å²) < 4.78 is 17.2. The number of ether oxygens (including phenoxy) is 2. The van der Waals surface area contributed by atoms with Gasteiger partial charge in [-0.05, 0) is 43.2 Å². The van der Waals surface area contributed by atoms with E-state index in [1.165, 1.54) is 5.56 Å². The average Bonchev–Trinajstić information content (AvgIpc) is 3.18. The number of morpholine rings is 1. The number of carboxylic acid groups (broad SMARTS) is 1. The van der Waals surface area contributed by atoms with Crippen LogP contribution >= 0.6 is 0 Å². The van der Waals surface area contributed by atoms with E-state index in [0.29, 0.717) is 18.4 Å². The van der Waals surface area contributed by atoms with E-state index in [4.69, 9.17) is 19.0 Å². The van der Waals surface area contributed by atoms with Gasteiger partial charge in [-0.1, -0.05) is 30.3 Å². The fourth-order valence-corrected chi connectivity index (χ4v) is 3.74. The van der Waals surface area contributed by atoms with Crippen molar-refractivity contribution in [2.75, 3.05) is 26.3 Å². The Morgan fingerprint density at radius 1 is 1.24 bits per heavy atom. The topological polar surface area (TPSA) is 72.1 Å². The van der Waals surface area contributed by atoms with E-state index in [1.54, 1.807) is 0 Å². The summed E-state index contributed by atoms with van der Waals surface area (Å²) in [7, 11) is 0. The zero-order valence-electron chi connectivity index (χ0n) is 16.4. The summed E-state index contributed by atoms with van der Waals surface area (Å²) in [5.74, 6) is 0.470. The van der Waals surface area contributed by atoms with Crippen LogP contribution in [0.4, 0.5) is 0 Å². The lowest BCUT2D eigenvalue weighted by Crippen LogP contribution is -2.44. The lowest BCUT2D eigenvalue weighted by atomic mass is 10.0. The SMILES string of the molecule is CC(Cc1ccc(OCC(=O)O)cc1)N1CCOC(c2cc3ccccc3o2)C1. The van der Waals surface area contributed by atoms with Crippen molar-refractivity contribution in [3.05, 3.63) is 65.9 Å². The van der Waals surface area contributed by atoms with Gasteiger partial charge < -0.3 is 19.0 Å². The maximum atomic E-state index is 10.6. The molecule has 2 heterocycles. The van der Waals surface area contributed by atoms with Crippen molar-refractivity contribution in [3.63, 3.8) is 0 Å². The second-order valence-corrected chi connectivity index (χ2v) is 7.42. The number of para-hydroxylation sites is 1. The van der Waals surface area contributed by atoms with Crippen LogP contribution in [-0.4, -0.2) is 48.3 Å². The number of benzene rings is 2. The molecule has 1 saturated heterocycles. The predicted octanol–water partition coefficient (Wildman–Crippen LogP) is 3.90. The molecule has 0 aliphatic carbocycles. The van der Waals surface area contributed by atoms with Gasteiger partial charge in [0.2, 0.25) is 0 Å². The molecular weight excluding hydrogens is 370 g/mol. The van der Waals surface area contributed by atoms with E-state index >= 15 is 0 Å². The third-order valence-electron chi connectivity index (χ3n) is 5.30. The smallest absolute Gasteiger partial charge is 0.341 e. The highest BCUT2D eigenvalue weighted by Crippen LogP contribution is 2.29. The van der Waals surface area contributed by atoms with E-state index in [9.17, 15) is 4.79 Å². The monoisotopic (exact) mass is 395 g/mol. The molecule has 3 aromatic rings. The summed E-state index contributed by atoms with van der Waals surface area (Å²) in [5.41, 5.74) is 2.08. The van der Waals surface area contributed by atoms with E-state index in [1.807, 2.05) is 42.5 Å². The van der Waals surface area contributed by atoms with Crippen molar-refractivity contribution >= 4 is 16.9 Å². The molecule has 1 aliphatic rings. The van der Waals surface area contributed by atoms with Crippen LogP contribution in [-0.2, 0) is 16.0 Å². The Labute approximate surface area is 169 Å². The van der Waals surface area contributed by atoms with Crippen LogP contribution in [0, 0.1) is 0 Å². The Bertz CT molecular complexity index is 932. The largest absolute Gasteiger partial charge is 0.482 e. The van der Waals surface area contributed by atoms with Crippen LogP contribution in [0.1, 0.15) is 24.4 Å². The second-order valence-electron chi connectivity index (χ2n) is 7.42. The Morgan fingerprint density at radius 3 is 2.79 bits per heavy atom. The van der Waals surface area contributed by atoms with Crippen molar-refractivity contribution < 1.29 is 23.8 Å². The number of nitrogens with zero attached hydrogens (tertiary/aromatic N) is 1. The molecular formula is C23H25NO5. The Hall–Kier alpha value is -2.83. The molecule has 0 bridgehead atoms. The van der Waals surface area contributed by atoms with Gasteiger partial charge in [0, 0.05) is 24.5 Å². The molecule has 29 heavy (non-hydrogen) atoms. The van der Waals surface area contributed by atoms with Crippen LogP contribution in [0.2, 0.25) is 0 Å². The van der Waals surface area contributed by atoms with E-state index < -0.39 is 5.97 Å². The van der Waals surface area contributed by atoms with Gasteiger partial charge in [-0.15, -0.1) is 0 Å². The molecule has 0 saturated carbocycles. The molecule has 6 heteroatoms. The van der Waals surface area contributed by atoms with Gasteiger partial charge in [-0.2, -0.15) is 0 Å². The molecule has 2 unspecified atom stereocenters. The maximum Gasteiger partial charge on any atom is 0.341 e. The molecule has 0 amide bonds. The number of carbonyl (C=O) groups is 1. The van der Waals surface area contributed by atoms with Crippen LogP contribution < -0.4 is 4.74 Å². The van der Waals surface area contributed by atoms with Gasteiger partial charge >= 0.3 is 5.97 Å². The van der Waals surface area contributed by atoms with Gasteiger partial charge in [-0.3, -0.25) is 4.90 Å². The third-order valence-corrected chi connectivity index (χ3v) is 5.30. The summed E-state index contributed by atoms with van der Waals surface area (Å²) in [4.78, 5) is 13.0.